The Morgan fingerprint density at radius 3 is 2.55 bits per heavy atom. The van der Waals surface area contributed by atoms with Crippen molar-refractivity contribution >= 4 is 17.6 Å². The fourth-order valence-corrected chi connectivity index (χ4v) is 1.92. The van der Waals surface area contributed by atoms with Crippen LogP contribution in [0.1, 0.15) is 29.8 Å². The van der Waals surface area contributed by atoms with E-state index >= 15 is 0 Å². The summed E-state index contributed by atoms with van der Waals surface area (Å²) in [5.41, 5.74) is 2.96. The monoisotopic (exact) mass is 290 g/mol. The highest BCUT2D eigenvalue weighted by molar-refractivity contribution is 6.32. The molecule has 0 fully saturated rings. The summed E-state index contributed by atoms with van der Waals surface area (Å²) < 4.78 is 5.15. The van der Waals surface area contributed by atoms with E-state index in [1.165, 1.54) is 0 Å². The summed E-state index contributed by atoms with van der Waals surface area (Å²) in [6.45, 7) is 5.52. The molecule has 2 aromatic heterocycles. The van der Waals surface area contributed by atoms with Gasteiger partial charge < -0.3 is 4.74 Å². The van der Waals surface area contributed by atoms with E-state index in [4.69, 9.17) is 16.3 Å². The molecule has 0 aliphatic carbocycles. The SMILES string of the molecule is Cc1cncc(-c2cnc(Cl)c(C(=O)OC(C)C)c2)c1. The van der Waals surface area contributed by atoms with Gasteiger partial charge in [-0.1, -0.05) is 11.6 Å². The van der Waals surface area contributed by atoms with Gasteiger partial charge in [0.1, 0.15) is 5.15 Å². The standard InChI is InChI=1S/C15H15ClN2O2/c1-9(2)20-15(19)13-5-12(8-18-14(13)16)11-4-10(3)6-17-7-11/h4-9H,1-3H3. The van der Waals surface area contributed by atoms with Crippen LogP contribution in [0.2, 0.25) is 5.15 Å². The van der Waals surface area contributed by atoms with Gasteiger partial charge in [0.25, 0.3) is 0 Å². The van der Waals surface area contributed by atoms with E-state index in [0.29, 0.717) is 0 Å². The molecule has 0 radical (unpaired) electrons. The lowest BCUT2D eigenvalue weighted by Gasteiger charge is -2.10. The topological polar surface area (TPSA) is 52.1 Å². The minimum Gasteiger partial charge on any atom is -0.459 e. The molecule has 5 heteroatoms. The lowest BCUT2D eigenvalue weighted by molar-refractivity contribution is 0.0377. The van der Waals surface area contributed by atoms with E-state index in [1.54, 1.807) is 38.5 Å². The maximum absolute atomic E-state index is 12.0. The number of carbonyl (C=O) groups excluding carboxylic acids is 1. The Morgan fingerprint density at radius 1 is 1.20 bits per heavy atom. The van der Waals surface area contributed by atoms with Crippen LogP contribution in [0.3, 0.4) is 0 Å². The quantitative estimate of drug-likeness (QED) is 0.639. The molecule has 104 valence electrons. The van der Waals surface area contributed by atoms with Crippen LogP contribution in [0.5, 0.6) is 0 Å². The molecule has 0 spiro atoms. The predicted octanol–water partition coefficient (Wildman–Crippen LogP) is 3.67. The lowest BCUT2D eigenvalue weighted by atomic mass is 10.1. The average molecular weight is 291 g/mol. The minimum absolute atomic E-state index is 0.139. The molecule has 0 saturated carbocycles. The van der Waals surface area contributed by atoms with Crippen LogP contribution in [0, 0.1) is 6.92 Å². The molecule has 0 bridgehead atoms. The highest BCUT2D eigenvalue weighted by atomic mass is 35.5. The zero-order valence-corrected chi connectivity index (χ0v) is 12.3. The second-order valence-corrected chi connectivity index (χ2v) is 5.13. The molecule has 0 aliphatic heterocycles. The number of nitrogens with zero attached hydrogens (tertiary/aromatic N) is 2. The molecule has 0 saturated heterocycles. The third-order valence-electron chi connectivity index (χ3n) is 2.61. The molecule has 2 aromatic rings. The van der Waals surface area contributed by atoms with Gasteiger partial charge >= 0.3 is 5.97 Å². The average Bonchev–Trinajstić information content (AvgIpc) is 2.38. The summed E-state index contributed by atoms with van der Waals surface area (Å²) in [6, 6.07) is 3.64. The Balaban J connectivity index is 2.40. The van der Waals surface area contributed by atoms with Crippen LogP contribution in [-0.2, 0) is 4.74 Å². The van der Waals surface area contributed by atoms with Gasteiger partial charge in [0.05, 0.1) is 11.7 Å². The largest absolute Gasteiger partial charge is 0.459 e. The fraction of sp³-hybridized carbons (Fsp3) is 0.267. The number of esters is 1. The summed E-state index contributed by atoms with van der Waals surface area (Å²) in [4.78, 5) is 20.1. The van der Waals surface area contributed by atoms with E-state index in [0.717, 1.165) is 16.7 Å². The van der Waals surface area contributed by atoms with Crippen molar-refractivity contribution in [2.45, 2.75) is 26.9 Å². The molecule has 2 rings (SSSR count). The van der Waals surface area contributed by atoms with Gasteiger partial charge in [-0.2, -0.15) is 0 Å². The second-order valence-electron chi connectivity index (χ2n) is 4.77. The maximum Gasteiger partial charge on any atom is 0.341 e. The maximum atomic E-state index is 12.0. The van der Waals surface area contributed by atoms with Gasteiger partial charge in [-0.25, -0.2) is 9.78 Å². The summed E-state index contributed by atoms with van der Waals surface area (Å²) in [5, 5.41) is 0.139. The van der Waals surface area contributed by atoms with Gasteiger partial charge in [-0.05, 0) is 38.5 Å². The Hall–Kier alpha value is -1.94. The van der Waals surface area contributed by atoms with Gasteiger partial charge in [0, 0.05) is 29.7 Å². The highest BCUT2D eigenvalue weighted by Crippen LogP contribution is 2.24. The van der Waals surface area contributed by atoms with Crippen molar-refractivity contribution < 1.29 is 9.53 Å². The molecule has 20 heavy (non-hydrogen) atoms. The van der Waals surface area contributed by atoms with Crippen LogP contribution >= 0.6 is 11.6 Å². The number of halogens is 1. The minimum atomic E-state index is -0.472. The van der Waals surface area contributed by atoms with Crippen LogP contribution < -0.4 is 0 Å². The molecular weight excluding hydrogens is 276 g/mol. The third kappa shape index (κ3) is 3.33. The summed E-state index contributed by atoms with van der Waals surface area (Å²) in [7, 11) is 0. The molecular formula is C15H15ClN2O2. The van der Waals surface area contributed by atoms with Crippen LogP contribution in [0.25, 0.3) is 11.1 Å². The molecule has 0 atom stereocenters. The van der Waals surface area contributed by atoms with Gasteiger partial charge in [-0.15, -0.1) is 0 Å². The number of aromatic nitrogens is 2. The Bertz CT molecular complexity index is 642. The number of rotatable bonds is 3. The molecule has 4 nitrogen and oxygen atoms in total. The molecule has 0 aromatic carbocycles. The highest BCUT2D eigenvalue weighted by Gasteiger charge is 2.16. The van der Waals surface area contributed by atoms with E-state index in [9.17, 15) is 4.79 Å². The Kier molecular flexibility index (Phi) is 4.35. The van der Waals surface area contributed by atoms with Crippen molar-refractivity contribution in [2.24, 2.45) is 0 Å². The number of hydrogen-bond donors (Lipinski definition) is 0. The first-order valence-electron chi connectivity index (χ1n) is 6.26. The molecule has 0 unspecified atom stereocenters. The number of ether oxygens (including phenoxy) is 1. The summed E-state index contributed by atoms with van der Waals surface area (Å²) in [5.74, 6) is -0.472. The zero-order chi connectivity index (χ0) is 14.7. The number of aryl methyl sites for hydroxylation is 1. The molecule has 0 amide bonds. The number of hydrogen-bond acceptors (Lipinski definition) is 4. The molecule has 2 heterocycles. The van der Waals surface area contributed by atoms with Crippen molar-refractivity contribution in [3.05, 3.63) is 47.0 Å². The number of carbonyl (C=O) groups is 1. The smallest absolute Gasteiger partial charge is 0.341 e. The summed E-state index contributed by atoms with van der Waals surface area (Å²) in [6.07, 6.45) is 4.89. The van der Waals surface area contributed by atoms with Crippen molar-refractivity contribution in [1.29, 1.82) is 0 Å². The van der Waals surface area contributed by atoms with E-state index in [2.05, 4.69) is 9.97 Å². The first kappa shape index (κ1) is 14.5. The van der Waals surface area contributed by atoms with Crippen LogP contribution in [0.4, 0.5) is 0 Å². The second kappa shape index (κ2) is 6.01. The van der Waals surface area contributed by atoms with Crippen molar-refractivity contribution in [3.63, 3.8) is 0 Å². The van der Waals surface area contributed by atoms with Gasteiger partial charge in [0.2, 0.25) is 0 Å². The lowest BCUT2D eigenvalue weighted by Crippen LogP contribution is -2.12. The predicted molar refractivity (Wildman–Crippen MR) is 77.8 cm³/mol. The van der Waals surface area contributed by atoms with Crippen molar-refractivity contribution in [1.82, 2.24) is 9.97 Å². The van der Waals surface area contributed by atoms with Crippen molar-refractivity contribution in [2.75, 3.05) is 0 Å². The first-order valence-corrected chi connectivity index (χ1v) is 6.63. The third-order valence-corrected chi connectivity index (χ3v) is 2.91. The number of pyridine rings is 2. The summed E-state index contributed by atoms with van der Waals surface area (Å²) >= 11 is 5.97. The van der Waals surface area contributed by atoms with E-state index in [-0.39, 0.29) is 16.8 Å². The molecule has 0 N–H and O–H groups in total. The first-order chi connectivity index (χ1) is 9.47. The molecule has 0 aliphatic rings. The van der Waals surface area contributed by atoms with Crippen molar-refractivity contribution in [3.8, 4) is 11.1 Å². The van der Waals surface area contributed by atoms with Gasteiger partial charge in [-0.3, -0.25) is 4.98 Å². The normalized spacial score (nSPS) is 10.7. The van der Waals surface area contributed by atoms with E-state index in [1.807, 2.05) is 13.0 Å². The Morgan fingerprint density at radius 2 is 1.90 bits per heavy atom. The zero-order valence-electron chi connectivity index (χ0n) is 11.6. The van der Waals surface area contributed by atoms with Crippen LogP contribution in [-0.4, -0.2) is 22.0 Å². The van der Waals surface area contributed by atoms with Gasteiger partial charge in [0.15, 0.2) is 0 Å². The van der Waals surface area contributed by atoms with Crippen LogP contribution in [0.15, 0.2) is 30.7 Å². The van der Waals surface area contributed by atoms with E-state index < -0.39 is 5.97 Å². The fourth-order valence-electron chi connectivity index (χ4n) is 1.74. The Labute approximate surface area is 122 Å².